The summed E-state index contributed by atoms with van der Waals surface area (Å²) >= 11 is 1.69. The number of Topliss-reactive ketones (excluding diaryl/α,β-unsaturated/α-hetero) is 1. The molecule has 5 heteroatoms. The van der Waals surface area contributed by atoms with Crippen molar-refractivity contribution in [1.82, 2.24) is 10.1 Å². The molecule has 1 aromatic heterocycles. The third-order valence-corrected chi connectivity index (χ3v) is 3.82. The first-order valence-corrected chi connectivity index (χ1v) is 7.13. The lowest BCUT2D eigenvalue weighted by atomic mass is 10.2. The summed E-state index contributed by atoms with van der Waals surface area (Å²) in [5.41, 5.74) is 1.24. The zero-order valence-corrected chi connectivity index (χ0v) is 11.9. The standard InChI is InChI=1S/C14H16N2O2S/c1-10-5-3-4-6-12(10)19-9-13-15-14(18-16-13)8-7-11(2)17/h3-6H,7-9H2,1-2H3. The Kier molecular flexibility index (Phi) is 4.74. The molecule has 0 unspecified atom stereocenters. The number of hydrogen-bond donors (Lipinski definition) is 0. The molecule has 0 saturated heterocycles. The van der Waals surface area contributed by atoms with Crippen LogP contribution in [-0.4, -0.2) is 15.9 Å². The highest BCUT2D eigenvalue weighted by Gasteiger charge is 2.08. The number of ketones is 1. The fourth-order valence-corrected chi connectivity index (χ4v) is 2.47. The number of nitrogens with zero attached hydrogens (tertiary/aromatic N) is 2. The van der Waals surface area contributed by atoms with Gasteiger partial charge in [0, 0.05) is 17.7 Å². The molecule has 0 aliphatic heterocycles. The third-order valence-electron chi connectivity index (χ3n) is 2.65. The van der Waals surface area contributed by atoms with Crippen LogP contribution in [0.3, 0.4) is 0 Å². The molecule has 2 aromatic rings. The van der Waals surface area contributed by atoms with Crippen LogP contribution >= 0.6 is 11.8 Å². The van der Waals surface area contributed by atoms with Crippen LogP contribution in [-0.2, 0) is 17.0 Å². The van der Waals surface area contributed by atoms with Gasteiger partial charge < -0.3 is 9.32 Å². The summed E-state index contributed by atoms with van der Waals surface area (Å²) in [7, 11) is 0. The van der Waals surface area contributed by atoms with E-state index in [2.05, 4.69) is 29.2 Å². The lowest BCUT2D eigenvalue weighted by molar-refractivity contribution is -0.117. The average molecular weight is 276 g/mol. The van der Waals surface area contributed by atoms with Crippen LogP contribution < -0.4 is 0 Å². The van der Waals surface area contributed by atoms with Crippen molar-refractivity contribution in [2.24, 2.45) is 0 Å². The zero-order valence-electron chi connectivity index (χ0n) is 11.0. The Balaban J connectivity index is 1.90. The molecule has 0 aliphatic rings. The van der Waals surface area contributed by atoms with Gasteiger partial charge in [-0.25, -0.2) is 0 Å². The van der Waals surface area contributed by atoms with Crippen LogP contribution in [0, 0.1) is 6.92 Å². The Morgan fingerprint density at radius 2 is 2.16 bits per heavy atom. The second kappa shape index (κ2) is 6.52. The number of carbonyl (C=O) groups excluding carboxylic acids is 1. The Morgan fingerprint density at radius 1 is 1.37 bits per heavy atom. The van der Waals surface area contributed by atoms with Gasteiger partial charge in [-0.15, -0.1) is 11.8 Å². The lowest BCUT2D eigenvalue weighted by Crippen LogP contribution is -1.94. The van der Waals surface area contributed by atoms with E-state index < -0.39 is 0 Å². The molecule has 0 bridgehead atoms. The highest BCUT2D eigenvalue weighted by molar-refractivity contribution is 7.98. The van der Waals surface area contributed by atoms with Gasteiger partial charge >= 0.3 is 0 Å². The van der Waals surface area contributed by atoms with E-state index in [9.17, 15) is 4.79 Å². The van der Waals surface area contributed by atoms with Gasteiger partial charge in [0.15, 0.2) is 5.82 Å². The summed E-state index contributed by atoms with van der Waals surface area (Å²) in [5, 5.41) is 3.92. The van der Waals surface area contributed by atoms with Gasteiger partial charge in [-0.05, 0) is 25.5 Å². The van der Waals surface area contributed by atoms with E-state index in [1.165, 1.54) is 10.5 Å². The Bertz CT molecular complexity index is 566. The van der Waals surface area contributed by atoms with Crippen LogP contribution in [0.2, 0.25) is 0 Å². The van der Waals surface area contributed by atoms with Crippen molar-refractivity contribution in [3.63, 3.8) is 0 Å². The molecule has 1 aromatic carbocycles. The summed E-state index contributed by atoms with van der Waals surface area (Å²) in [6, 6.07) is 8.20. The topological polar surface area (TPSA) is 56.0 Å². The van der Waals surface area contributed by atoms with Crippen molar-refractivity contribution in [3.8, 4) is 0 Å². The first-order chi connectivity index (χ1) is 9.15. The fourth-order valence-electron chi connectivity index (χ4n) is 1.59. The quantitative estimate of drug-likeness (QED) is 0.758. The second-order valence-corrected chi connectivity index (χ2v) is 5.38. The number of thioether (sulfide) groups is 1. The van der Waals surface area contributed by atoms with Crippen molar-refractivity contribution in [2.75, 3.05) is 0 Å². The van der Waals surface area contributed by atoms with E-state index in [-0.39, 0.29) is 5.78 Å². The monoisotopic (exact) mass is 276 g/mol. The van der Waals surface area contributed by atoms with E-state index in [4.69, 9.17) is 4.52 Å². The summed E-state index contributed by atoms with van der Waals surface area (Å²) in [4.78, 5) is 16.4. The normalized spacial score (nSPS) is 10.6. The zero-order chi connectivity index (χ0) is 13.7. The van der Waals surface area contributed by atoms with Crippen LogP contribution in [0.1, 0.15) is 30.6 Å². The molecule has 4 nitrogen and oxygen atoms in total. The van der Waals surface area contributed by atoms with Crippen molar-refractivity contribution >= 4 is 17.5 Å². The van der Waals surface area contributed by atoms with E-state index >= 15 is 0 Å². The molecule has 1 heterocycles. The molecule has 0 spiro atoms. The molecular weight excluding hydrogens is 260 g/mol. The maximum Gasteiger partial charge on any atom is 0.227 e. The van der Waals surface area contributed by atoms with Crippen molar-refractivity contribution in [3.05, 3.63) is 41.5 Å². The highest BCUT2D eigenvalue weighted by atomic mass is 32.2. The third kappa shape index (κ3) is 4.21. The minimum Gasteiger partial charge on any atom is -0.339 e. The molecule has 0 atom stereocenters. The Morgan fingerprint density at radius 3 is 2.89 bits per heavy atom. The molecule has 2 rings (SSSR count). The molecule has 0 fully saturated rings. The van der Waals surface area contributed by atoms with Crippen LogP contribution in [0.25, 0.3) is 0 Å². The molecule has 0 amide bonds. The highest BCUT2D eigenvalue weighted by Crippen LogP contribution is 2.24. The Labute approximate surface area is 116 Å². The van der Waals surface area contributed by atoms with Crippen LogP contribution in [0.5, 0.6) is 0 Å². The van der Waals surface area contributed by atoms with E-state index in [0.717, 1.165) is 0 Å². The van der Waals surface area contributed by atoms with Crippen molar-refractivity contribution in [1.29, 1.82) is 0 Å². The van der Waals surface area contributed by atoms with E-state index in [0.29, 0.717) is 30.3 Å². The average Bonchev–Trinajstić information content (AvgIpc) is 2.83. The van der Waals surface area contributed by atoms with Gasteiger partial charge in [-0.3, -0.25) is 0 Å². The fraction of sp³-hybridized carbons (Fsp3) is 0.357. The summed E-state index contributed by atoms with van der Waals surface area (Å²) in [6.07, 6.45) is 0.976. The summed E-state index contributed by atoms with van der Waals surface area (Å²) < 4.78 is 5.11. The summed E-state index contributed by atoms with van der Waals surface area (Å²) in [6.45, 7) is 3.64. The molecule has 100 valence electrons. The largest absolute Gasteiger partial charge is 0.339 e. The maximum atomic E-state index is 10.9. The van der Waals surface area contributed by atoms with Crippen LogP contribution in [0.15, 0.2) is 33.7 Å². The van der Waals surface area contributed by atoms with Gasteiger partial charge in [0.1, 0.15) is 5.78 Å². The SMILES string of the molecule is CC(=O)CCc1nc(CSc2ccccc2C)no1. The molecule has 0 N–H and O–H groups in total. The maximum absolute atomic E-state index is 10.9. The van der Waals surface area contributed by atoms with Gasteiger partial charge in [0.25, 0.3) is 0 Å². The van der Waals surface area contributed by atoms with Crippen LogP contribution in [0.4, 0.5) is 0 Å². The number of aryl methyl sites for hydroxylation is 2. The predicted molar refractivity (Wildman–Crippen MR) is 74.0 cm³/mol. The number of carbonyl (C=O) groups is 1. The predicted octanol–water partition coefficient (Wildman–Crippen LogP) is 3.19. The van der Waals surface area contributed by atoms with Gasteiger partial charge in [-0.2, -0.15) is 4.98 Å². The lowest BCUT2D eigenvalue weighted by Gasteiger charge is -2.01. The van der Waals surface area contributed by atoms with Gasteiger partial charge in [0.2, 0.25) is 5.89 Å². The number of hydrogen-bond acceptors (Lipinski definition) is 5. The Hall–Kier alpha value is -1.62. The molecular formula is C14H16N2O2S. The molecule has 0 radical (unpaired) electrons. The minimum atomic E-state index is 0.133. The molecule has 19 heavy (non-hydrogen) atoms. The van der Waals surface area contributed by atoms with E-state index in [1.54, 1.807) is 18.7 Å². The van der Waals surface area contributed by atoms with Gasteiger partial charge in [-0.1, -0.05) is 23.4 Å². The number of aromatic nitrogens is 2. The van der Waals surface area contributed by atoms with Crippen molar-refractivity contribution in [2.45, 2.75) is 37.3 Å². The van der Waals surface area contributed by atoms with E-state index in [1.807, 2.05) is 12.1 Å². The smallest absolute Gasteiger partial charge is 0.227 e. The minimum absolute atomic E-state index is 0.133. The van der Waals surface area contributed by atoms with Crippen molar-refractivity contribution < 1.29 is 9.32 Å². The molecule has 0 aliphatic carbocycles. The first kappa shape index (κ1) is 13.8. The first-order valence-electron chi connectivity index (χ1n) is 6.14. The molecule has 0 saturated carbocycles. The summed E-state index contributed by atoms with van der Waals surface area (Å²) in [5.74, 6) is 2.02. The second-order valence-electron chi connectivity index (χ2n) is 4.36. The van der Waals surface area contributed by atoms with Gasteiger partial charge in [0.05, 0.1) is 5.75 Å². The number of rotatable bonds is 6. The number of benzene rings is 1.